The van der Waals surface area contributed by atoms with Gasteiger partial charge >= 0.3 is 0 Å². The molecule has 28 heavy (non-hydrogen) atoms. The zero-order valence-electron chi connectivity index (χ0n) is 16.9. The van der Waals surface area contributed by atoms with E-state index in [1.807, 2.05) is 40.1 Å². The minimum absolute atomic E-state index is 0. The number of hydrogen-bond donors (Lipinski definition) is 1. The van der Waals surface area contributed by atoms with Crippen LogP contribution in [0.4, 0.5) is 0 Å². The third-order valence-electron chi connectivity index (χ3n) is 5.93. The van der Waals surface area contributed by atoms with Gasteiger partial charge < -0.3 is 15.1 Å². The van der Waals surface area contributed by atoms with Crippen LogP contribution in [-0.2, 0) is 16.0 Å². The number of amides is 2. The molecule has 5 nitrogen and oxygen atoms in total. The van der Waals surface area contributed by atoms with Crippen LogP contribution < -0.4 is 5.32 Å². The average Bonchev–Trinajstić information content (AvgIpc) is 2.73. The van der Waals surface area contributed by atoms with Crippen molar-refractivity contribution >= 4 is 24.2 Å². The van der Waals surface area contributed by atoms with Crippen LogP contribution in [0.25, 0.3) is 0 Å². The summed E-state index contributed by atoms with van der Waals surface area (Å²) < 4.78 is 0. The number of piperidine rings is 2. The molecule has 3 rings (SSSR count). The molecule has 1 unspecified atom stereocenters. The number of nitrogens with one attached hydrogen (secondary N) is 1. The van der Waals surface area contributed by atoms with Gasteiger partial charge in [0.1, 0.15) is 0 Å². The van der Waals surface area contributed by atoms with Crippen LogP contribution in [-0.4, -0.2) is 60.9 Å². The van der Waals surface area contributed by atoms with Crippen molar-refractivity contribution in [2.75, 3.05) is 39.3 Å². The zero-order chi connectivity index (χ0) is 19.1. The molecule has 0 aliphatic carbocycles. The van der Waals surface area contributed by atoms with Crippen molar-refractivity contribution in [3.8, 4) is 0 Å². The van der Waals surface area contributed by atoms with Crippen molar-refractivity contribution < 1.29 is 9.59 Å². The van der Waals surface area contributed by atoms with Crippen LogP contribution in [0.1, 0.15) is 38.2 Å². The van der Waals surface area contributed by atoms with Crippen LogP contribution >= 0.6 is 12.4 Å². The lowest BCUT2D eigenvalue weighted by molar-refractivity contribution is -0.141. The molecule has 2 amide bonds. The summed E-state index contributed by atoms with van der Waals surface area (Å²) in [7, 11) is 0. The van der Waals surface area contributed by atoms with Crippen LogP contribution in [0, 0.1) is 11.8 Å². The van der Waals surface area contributed by atoms with Crippen LogP contribution in [0.3, 0.4) is 0 Å². The molecule has 2 heterocycles. The second-order valence-electron chi connectivity index (χ2n) is 7.92. The average molecular weight is 408 g/mol. The predicted molar refractivity (Wildman–Crippen MR) is 115 cm³/mol. The van der Waals surface area contributed by atoms with E-state index in [9.17, 15) is 9.59 Å². The first-order chi connectivity index (χ1) is 13.2. The molecule has 0 spiro atoms. The van der Waals surface area contributed by atoms with Crippen molar-refractivity contribution in [1.29, 1.82) is 0 Å². The number of hydrogen-bond acceptors (Lipinski definition) is 3. The van der Waals surface area contributed by atoms with Gasteiger partial charge in [0.2, 0.25) is 11.8 Å². The van der Waals surface area contributed by atoms with Gasteiger partial charge in [-0.2, -0.15) is 0 Å². The van der Waals surface area contributed by atoms with Crippen molar-refractivity contribution in [1.82, 2.24) is 15.1 Å². The van der Waals surface area contributed by atoms with E-state index in [0.717, 1.165) is 64.0 Å². The highest BCUT2D eigenvalue weighted by atomic mass is 35.5. The monoisotopic (exact) mass is 407 g/mol. The molecular weight excluding hydrogens is 374 g/mol. The van der Waals surface area contributed by atoms with Gasteiger partial charge in [-0.15, -0.1) is 12.4 Å². The fourth-order valence-corrected chi connectivity index (χ4v) is 4.25. The van der Waals surface area contributed by atoms with E-state index in [1.54, 1.807) is 0 Å². The standard InChI is InChI=1S/C22H33N3O2.ClH/c1-2-23-16-19-10-13-24(14-11-19)22(27)20-9-6-12-25(17-20)21(26)15-18-7-4-3-5-8-18;/h3-5,7-8,19-20,23H,2,6,9-17H2,1H3;1H. The number of carbonyl (C=O) groups excluding carboxylic acids is 2. The van der Waals surface area contributed by atoms with E-state index in [0.29, 0.717) is 18.9 Å². The SMILES string of the molecule is CCNCC1CCN(C(=O)C2CCCN(C(=O)Cc3ccccc3)C2)CC1.Cl. The second-order valence-corrected chi connectivity index (χ2v) is 7.92. The van der Waals surface area contributed by atoms with Crippen molar-refractivity contribution in [2.24, 2.45) is 11.8 Å². The Morgan fingerprint density at radius 1 is 1.04 bits per heavy atom. The Morgan fingerprint density at radius 2 is 1.75 bits per heavy atom. The molecule has 0 saturated carbocycles. The number of nitrogens with zero attached hydrogens (tertiary/aromatic N) is 2. The highest BCUT2D eigenvalue weighted by molar-refractivity contribution is 5.85. The largest absolute Gasteiger partial charge is 0.342 e. The van der Waals surface area contributed by atoms with Crippen molar-refractivity contribution in [2.45, 2.75) is 39.0 Å². The molecule has 1 aromatic rings. The van der Waals surface area contributed by atoms with Gasteiger partial charge in [-0.1, -0.05) is 37.3 Å². The first-order valence-corrected chi connectivity index (χ1v) is 10.5. The maximum atomic E-state index is 13.0. The maximum Gasteiger partial charge on any atom is 0.227 e. The smallest absolute Gasteiger partial charge is 0.227 e. The summed E-state index contributed by atoms with van der Waals surface area (Å²) in [6.07, 6.45) is 4.43. The normalized spacial score (nSPS) is 20.5. The topological polar surface area (TPSA) is 52.7 Å². The Morgan fingerprint density at radius 3 is 2.43 bits per heavy atom. The van der Waals surface area contributed by atoms with E-state index in [2.05, 4.69) is 12.2 Å². The van der Waals surface area contributed by atoms with Gasteiger partial charge in [0.25, 0.3) is 0 Å². The fourth-order valence-electron chi connectivity index (χ4n) is 4.25. The highest BCUT2D eigenvalue weighted by Crippen LogP contribution is 2.23. The lowest BCUT2D eigenvalue weighted by Gasteiger charge is -2.38. The molecule has 2 saturated heterocycles. The molecule has 2 aliphatic rings. The van der Waals surface area contributed by atoms with E-state index >= 15 is 0 Å². The molecule has 2 aliphatic heterocycles. The van der Waals surface area contributed by atoms with Gasteiger partial charge in [-0.25, -0.2) is 0 Å². The molecule has 1 N–H and O–H groups in total. The zero-order valence-corrected chi connectivity index (χ0v) is 17.8. The number of halogens is 1. The fraction of sp³-hybridized carbons (Fsp3) is 0.636. The van der Waals surface area contributed by atoms with E-state index in [4.69, 9.17) is 0 Å². The number of benzene rings is 1. The Hall–Kier alpha value is -1.59. The molecule has 156 valence electrons. The summed E-state index contributed by atoms with van der Waals surface area (Å²) in [5.74, 6) is 1.06. The quantitative estimate of drug-likeness (QED) is 0.788. The first-order valence-electron chi connectivity index (χ1n) is 10.5. The Labute approximate surface area is 175 Å². The molecule has 1 atom stereocenters. The van der Waals surface area contributed by atoms with Gasteiger partial charge in [0.15, 0.2) is 0 Å². The lowest BCUT2D eigenvalue weighted by Crippen LogP contribution is -2.49. The van der Waals surface area contributed by atoms with Crippen LogP contribution in [0.15, 0.2) is 30.3 Å². The Bertz CT molecular complexity index is 617. The molecule has 0 radical (unpaired) electrons. The summed E-state index contributed by atoms with van der Waals surface area (Å²) in [6, 6.07) is 9.87. The number of rotatable bonds is 6. The highest BCUT2D eigenvalue weighted by Gasteiger charge is 2.32. The summed E-state index contributed by atoms with van der Waals surface area (Å²) in [5.41, 5.74) is 1.04. The van der Waals surface area contributed by atoms with E-state index in [-0.39, 0.29) is 30.1 Å². The summed E-state index contributed by atoms with van der Waals surface area (Å²) in [5, 5.41) is 3.42. The number of likely N-dealkylation sites (tertiary alicyclic amines) is 2. The predicted octanol–water partition coefficient (Wildman–Crippen LogP) is 2.74. The summed E-state index contributed by atoms with van der Waals surface area (Å²) >= 11 is 0. The van der Waals surface area contributed by atoms with Crippen molar-refractivity contribution in [3.63, 3.8) is 0 Å². The Balaban J connectivity index is 0.00000280. The minimum atomic E-state index is -0.0243. The van der Waals surface area contributed by atoms with Gasteiger partial charge in [0.05, 0.1) is 12.3 Å². The third kappa shape index (κ3) is 6.21. The summed E-state index contributed by atoms with van der Waals surface area (Å²) in [4.78, 5) is 29.6. The van der Waals surface area contributed by atoms with Gasteiger partial charge in [-0.3, -0.25) is 9.59 Å². The summed E-state index contributed by atoms with van der Waals surface area (Å²) in [6.45, 7) is 7.29. The molecule has 2 fully saturated rings. The van der Waals surface area contributed by atoms with Crippen molar-refractivity contribution in [3.05, 3.63) is 35.9 Å². The molecule has 0 aromatic heterocycles. The van der Waals surface area contributed by atoms with E-state index < -0.39 is 0 Å². The third-order valence-corrected chi connectivity index (χ3v) is 5.93. The molecule has 1 aromatic carbocycles. The lowest BCUT2D eigenvalue weighted by atomic mass is 9.92. The van der Waals surface area contributed by atoms with Gasteiger partial charge in [-0.05, 0) is 50.3 Å². The first kappa shape index (κ1) is 22.7. The molecule has 6 heteroatoms. The van der Waals surface area contributed by atoms with Gasteiger partial charge in [0, 0.05) is 26.2 Å². The maximum absolute atomic E-state index is 13.0. The van der Waals surface area contributed by atoms with Crippen LogP contribution in [0.2, 0.25) is 0 Å². The van der Waals surface area contributed by atoms with E-state index in [1.165, 1.54) is 0 Å². The number of carbonyl (C=O) groups is 2. The Kier molecular flexibility index (Phi) is 9.26. The minimum Gasteiger partial charge on any atom is -0.342 e. The second kappa shape index (κ2) is 11.4. The van der Waals surface area contributed by atoms with Crippen LogP contribution in [0.5, 0.6) is 0 Å². The molecule has 0 bridgehead atoms. The molecular formula is C22H34ClN3O2.